The number of hydrogen-bond acceptors (Lipinski definition) is 5. The largest absolute Gasteiger partial charge is 0.399 e. The van der Waals surface area contributed by atoms with Gasteiger partial charge in [0.1, 0.15) is 6.07 Å². The summed E-state index contributed by atoms with van der Waals surface area (Å²) in [6.07, 6.45) is 2.00. The standard InChI is InChI=1S/C19H16IN5/c1-25-6-5-14-15(8-21)18(24)19(10-22,11-23)17(16(14)9-25)12-3-2-4-13(20)7-12/h2-5,7,16-17H,6,9,24H2,1H3/t16-,17+/m0/s1. The van der Waals surface area contributed by atoms with Crippen LogP contribution < -0.4 is 5.73 Å². The Labute approximate surface area is 160 Å². The quantitative estimate of drug-likeness (QED) is 0.676. The van der Waals surface area contributed by atoms with E-state index in [9.17, 15) is 15.8 Å². The minimum Gasteiger partial charge on any atom is -0.399 e. The second-order valence-corrected chi connectivity index (χ2v) is 7.70. The van der Waals surface area contributed by atoms with E-state index in [2.05, 4.69) is 45.7 Å². The predicted molar refractivity (Wildman–Crippen MR) is 101 cm³/mol. The van der Waals surface area contributed by atoms with Crippen LogP contribution in [-0.2, 0) is 0 Å². The molecule has 1 heterocycles. The van der Waals surface area contributed by atoms with Crippen molar-refractivity contribution in [1.29, 1.82) is 15.8 Å². The molecule has 1 aliphatic carbocycles. The highest BCUT2D eigenvalue weighted by Crippen LogP contribution is 2.54. The molecule has 2 atom stereocenters. The Morgan fingerprint density at radius 1 is 1.28 bits per heavy atom. The molecule has 0 saturated carbocycles. The second kappa shape index (κ2) is 6.52. The maximum Gasteiger partial charge on any atom is 0.191 e. The van der Waals surface area contributed by atoms with E-state index in [1.807, 2.05) is 37.4 Å². The fourth-order valence-electron chi connectivity index (χ4n) is 3.90. The molecule has 5 nitrogen and oxygen atoms in total. The van der Waals surface area contributed by atoms with E-state index >= 15 is 0 Å². The maximum absolute atomic E-state index is 9.95. The summed E-state index contributed by atoms with van der Waals surface area (Å²) in [5.74, 6) is -0.540. The molecule has 0 amide bonds. The number of fused-ring (bicyclic) bond motifs is 1. The molecule has 3 rings (SSSR count). The molecule has 0 unspecified atom stereocenters. The minimum absolute atomic E-state index is 0.0796. The lowest BCUT2D eigenvalue weighted by Gasteiger charge is -2.45. The molecule has 0 radical (unpaired) electrons. The van der Waals surface area contributed by atoms with Crippen LogP contribution in [0.15, 0.2) is 47.2 Å². The number of likely N-dealkylation sites (N-methyl/N-ethyl adjacent to an activating group) is 1. The van der Waals surface area contributed by atoms with Gasteiger partial charge in [-0.2, -0.15) is 15.8 Å². The number of rotatable bonds is 1. The van der Waals surface area contributed by atoms with Gasteiger partial charge in [-0.05, 0) is 52.9 Å². The Kier molecular flexibility index (Phi) is 4.56. The number of benzene rings is 1. The van der Waals surface area contributed by atoms with E-state index in [1.54, 1.807) is 0 Å². The van der Waals surface area contributed by atoms with Gasteiger partial charge in [-0.1, -0.05) is 18.2 Å². The molecule has 2 N–H and O–H groups in total. The third kappa shape index (κ3) is 2.61. The summed E-state index contributed by atoms with van der Waals surface area (Å²) in [5.41, 5.74) is 6.85. The van der Waals surface area contributed by atoms with Crippen molar-refractivity contribution >= 4 is 22.6 Å². The molecule has 0 spiro atoms. The van der Waals surface area contributed by atoms with Crippen molar-refractivity contribution in [3.63, 3.8) is 0 Å². The van der Waals surface area contributed by atoms with Crippen LogP contribution in [0.5, 0.6) is 0 Å². The van der Waals surface area contributed by atoms with Crippen molar-refractivity contribution in [3.05, 3.63) is 56.3 Å². The zero-order chi connectivity index (χ0) is 18.2. The predicted octanol–water partition coefficient (Wildman–Crippen LogP) is 2.65. The molecule has 6 heteroatoms. The highest BCUT2D eigenvalue weighted by atomic mass is 127. The molecule has 0 bridgehead atoms. The summed E-state index contributed by atoms with van der Waals surface area (Å²) >= 11 is 2.22. The third-order valence-electron chi connectivity index (χ3n) is 5.05. The van der Waals surface area contributed by atoms with Gasteiger partial charge >= 0.3 is 0 Å². The fourth-order valence-corrected chi connectivity index (χ4v) is 4.47. The van der Waals surface area contributed by atoms with Crippen LogP contribution in [0.4, 0.5) is 0 Å². The first kappa shape index (κ1) is 17.5. The molecule has 1 aliphatic heterocycles. The molecule has 2 aliphatic rings. The van der Waals surface area contributed by atoms with Crippen LogP contribution in [0.2, 0.25) is 0 Å². The number of nitrogens with zero attached hydrogens (tertiary/aromatic N) is 4. The van der Waals surface area contributed by atoms with Crippen molar-refractivity contribution in [2.75, 3.05) is 20.1 Å². The first-order valence-corrected chi connectivity index (χ1v) is 8.93. The lowest BCUT2D eigenvalue weighted by atomic mass is 9.58. The molecule has 1 aromatic carbocycles. The van der Waals surface area contributed by atoms with Gasteiger partial charge in [0.25, 0.3) is 0 Å². The van der Waals surface area contributed by atoms with E-state index < -0.39 is 11.3 Å². The Balaban J connectivity index is 2.34. The Morgan fingerprint density at radius 3 is 2.60 bits per heavy atom. The Bertz CT molecular complexity index is 895. The highest BCUT2D eigenvalue weighted by Gasteiger charge is 2.54. The van der Waals surface area contributed by atoms with Gasteiger partial charge in [-0.25, -0.2) is 0 Å². The van der Waals surface area contributed by atoms with Gasteiger partial charge in [-0.15, -0.1) is 0 Å². The maximum atomic E-state index is 9.95. The van der Waals surface area contributed by atoms with Crippen LogP contribution in [0.1, 0.15) is 11.5 Å². The summed E-state index contributed by atoms with van der Waals surface area (Å²) in [7, 11) is 1.99. The summed E-state index contributed by atoms with van der Waals surface area (Å²) in [6, 6.07) is 14.3. The molecular weight excluding hydrogens is 425 g/mol. The lowest BCUT2D eigenvalue weighted by Crippen LogP contribution is -2.47. The number of nitrogens with two attached hydrogens (primary N) is 1. The highest BCUT2D eigenvalue weighted by molar-refractivity contribution is 14.1. The molecule has 0 aromatic heterocycles. The van der Waals surface area contributed by atoms with Crippen LogP contribution in [0.3, 0.4) is 0 Å². The zero-order valence-corrected chi connectivity index (χ0v) is 15.9. The van der Waals surface area contributed by atoms with Crippen LogP contribution >= 0.6 is 22.6 Å². The second-order valence-electron chi connectivity index (χ2n) is 6.45. The number of nitriles is 3. The number of halogens is 1. The van der Waals surface area contributed by atoms with E-state index in [0.717, 1.165) is 21.3 Å². The van der Waals surface area contributed by atoms with Gasteiger partial charge in [0.2, 0.25) is 0 Å². The number of hydrogen-bond donors (Lipinski definition) is 1. The molecule has 124 valence electrons. The van der Waals surface area contributed by atoms with Gasteiger partial charge < -0.3 is 10.6 Å². The van der Waals surface area contributed by atoms with Gasteiger partial charge in [0, 0.05) is 28.5 Å². The van der Waals surface area contributed by atoms with E-state index in [4.69, 9.17) is 5.73 Å². The van der Waals surface area contributed by atoms with Gasteiger partial charge in [-0.3, -0.25) is 0 Å². The first-order chi connectivity index (χ1) is 12.0. The van der Waals surface area contributed by atoms with Crippen molar-refractivity contribution in [3.8, 4) is 18.2 Å². The topological polar surface area (TPSA) is 101 Å². The summed E-state index contributed by atoms with van der Waals surface area (Å²) < 4.78 is 1.03. The van der Waals surface area contributed by atoms with E-state index in [1.165, 1.54) is 0 Å². The zero-order valence-electron chi connectivity index (χ0n) is 13.7. The van der Waals surface area contributed by atoms with Crippen molar-refractivity contribution in [1.82, 2.24) is 4.90 Å². The molecular formula is C19H16IN5. The summed E-state index contributed by atoms with van der Waals surface area (Å²) in [4.78, 5) is 2.13. The lowest BCUT2D eigenvalue weighted by molar-refractivity contribution is 0.237. The normalized spacial score (nSPS) is 25.2. The van der Waals surface area contributed by atoms with E-state index in [-0.39, 0.29) is 11.6 Å². The molecule has 0 fully saturated rings. The van der Waals surface area contributed by atoms with Crippen LogP contribution in [-0.4, -0.2) is 25.0 Å². The Morgan fingerprint density at radius 2 is 2.00 bits per heavy atom. The number of allylic oxidation sites excluding steroid dienone is 2. The first-order valence-electron chi connectivity index (χ1n) is 7.85. The monoisotopic (exact) mass is 441 g/mol. The van der Waals surface area contributed by atoms with Crippen LogP contribution in [0, 0.1) is 48.9 Å². The fraction of sp³-hybridized carbons (Fsp3) is 0.316. The average molecular weight is 441 g/mol. The molecule has 25 heavy (non-hydrogen) atoms. The minimum atomic E-state index is -1.55. The molecule has 0 saturated heterocycles. The molecule has 1 aromatic rings. The van der Waals surface area contributed by atoms with E-state index in [0.29, 0.717) is 12.1 Å². The van der Waals surface area contributed by atoms with Gasteiger partial charge in [0.05, 0.1) is 23.4 Å². The Hall–Kier alpha value is -2.34. The summed E-state index contributed by atoms with van der Waals surface area (Å²) in [5, 5.41) is 29.5. The van der Waals surface area contributed by atoms with Crippen molar-refractivity contribution < 1.29 is 0 Å². The smallest absolute Gasteiger partial charge is 0.191 e. The average Bonchev–Trinajstić information content (AvgIpc) is 2.61. The van der Waals surface area contributed by atoms with Crippen molar-refractivity contribution in [2.45, 2.75) is 5.92 Å². The third-order valence-corrected chi connectivity index (χ3v) is 5.73. The summed E-state index contributed by atoms with van der Waals surface area (Å²) in [6.45, 7) is 1.39. The van der Waals surface area contributed by atoms with Crippen LogP contribution in [0.25, 0.3) is 0 Å². The van der Waals surface area contributed by atoms with Crippen molar-refractivity contribution in [2.24, 2.45) is 17.1 Å². The SMILES string of the molecule is CN1CC=C2C(C#N)=C(N)C(C#N)(C#N)[C@H](c3cccc(I)c3)[C@H]2C1. The van der Waals surface area contributed by atoms with Gasteiger partial charge in [0.15, 0.2) is 5.41 Å².